The summed E-state index contributed by atoms with van der Waals surface area (Å²) in [5.41, 5.74) is 10.2. The Balaban J connectivity index is 1.87. The summed E-state index contributed by atoms with van der Waals surface area (Å²) in [6, 6.07) is 9.56. The van der Waals surface area contributed by atoms with Gasteiger partial charge in [-0.25, -0.2) is 4.98 Å². The summed E-state index contributed by atoms with van der Waals surface area (Å²) < 4.78 is 0. The molecule has 0 bridgehead atoms. The quantitative estimate of drug-likeness (QED) is 0.876. The number of carbonyl (C=O) groups excluding carboxylic acids is 1. The highest BCUT2D eigenvalue weighted by molar-refractivity contribution is 6.01. The van der Waals surface area contributed by atoms with Gasteiger partial charge >= 0.3 is 0 Å². The first-order chi connectivity index (χ1) is 9.54. The van der Waals surface area contributed by atoms with E-state index < -0.39 is 0 Å². The molecule has 0 spiro atoms. The highest BCUT2D eigenvalue weighted by atomic mass is 16.2. The molecule has 0 radical (unpaired) electrons. The van der Waals surface area contributed by atoms with Crippen LogP contribution >= 0.6 is 0 Å². The number of rotatable bonds is 2. The minimum absolute atomic E-state index is 0.124. The van der Waals surface area contributed by atoms with Gasteiger partial charge in [-0.2, -0.15) is 0 Å². The first-order valence-corrected chi connectivity index (χ1v) is 6.44. The molecule has 2 heterocycles. The maximum absolute atomic E-state index is 11.7. The van der Waals surface area contributed by atoms with E-state index in [2.05, 4.69) is 10.3 Å². The van der Waals surface area contributed by atoms with Crippen molar-refractivity contribution in [2.24, 2.45) is 0 Å². The molecule has 0 aliphatic carbocycles. The average Bonchev–Trinajstić information content (AvgIpc) is 2.69. The lowest BCUT2D eigenvalue weighted by Crippen LogP contribution is -2.20. The molecule has 0 fully saturated rings. The van der Waals surface area contributed by atoms with E-state index in [9.17, 15) is 4.79 Å². The van der Waals surface area contributed by atoms with Crippen molar-refractivity contribution in [2.75, 3.05) is 23.0 Å². The van der Waals surface area contributed by atoms with Gasteiger partial charge in [0.05, 0.1) is 17.8 Å². The number of likely N-dealkylation sites (N-methyl/N-ethyl adjacent to an activating group) is 1. The van der Waals surface area contributed by atoms with Crippen LogP contribution in [0.2, 0.25) is 0 Å². The Labute approximate surface area is 117 Å². The molecule has 0 unspecified atom stereocenters. The molecule has 3 N–H and O–H groups in total. The Hall–Kier alpha value is -2.56. The first kappa shape index (κ1) is 12.5. The van der Waals surface area contributed by atoms with E-state index >= 15 is 0 Å². The zero-order valence-electron chi connectivity index (χ0n) is 11.5. The third-order valence-corrected chi connectivity index (χ3v) is 3.56. The predicted octanol–water partition coefficient (Wildman–Crippen LogP) is 2.23. The fourth-order valence-corrected chi connectivity index (χ4v) is 2.34. The molecule has 0 saturated carbocycles. The second-order valence-electron chi connectivity index (χ2n) is 4.97. The molecule has 5 heteroatoms. The van der Waals surface area contributed by atoms with Crippen molar-refractivity contribution < 1.29 is 4.79 Å². The van der Waals surface area contributed by atoms with Crippen LogP contribution in [0.1, 0.15) is 11.3 Å². The summed E-state index contributed by atoms with van der Waals surface area (Å²) in [4.78, 5) is 17.7. The second kappa shape index (κ2) is 4.52. The average molecular weight is 268 g/mol. The third kappa shape index (κ3) is 2.07. The van der Waals surface area contributed by atoms with E-state index in [1.807, 2.05) is 37.3 Å². The number of nitrogen functional groups attached to an aromatic ring is 1. The van der Waals surface area contributed by atoms with Crippen molar-refractivity contribution in [3.8, 4) is 0 Å². The number of nitrogens with zero attached hydrogens (tertiary/aromatic N) is 2. The van der Waals surface area contributed by atoms with Crippen molar-refractivity contribution in [1.29, 1.82) is 0 Å². The summed E-state index contributed by atoms with van der Waals surface area (Å²) in [6.07, 6.45) is 0.454. The van der Waals surface area contributed by atoms with Gasteiger partial charge in [0.25, 0.3) is 0 Å². The lowest BCUT2D eigenvalue weighted by Gasteiger charge is -2.12. The van der Waals surface area contributed by atoms with E-state index in [1.54, 1.807) is 11.9 Å². The summed E-state index contributed by atoms with van der Waals surface area (Å²) >= 11 is 0. The maximum atomic E-state index is 11.7. The Bertz CT molecular complexity index is 696. The molecule has 1 amide bonds. The minimum atomic E-state index is 0.124. The fraction of sp³-hybridized carbons (Fsp3) is 0.200. The van der Waals surface area contributed by atoms with Crippen LogP contribution in [-0.4, -0.2) is 17.9 Å². The molecule has 5 nitrogen and oxygen atoms in total. The molecule has 1 aromatic heterocycles. The normalized spacial score (nSPS) is 13.5. The number of nitrogens with two attached hydrogens (primary N) is 1. The number of benzene rings is 1. The van der Waals surface area contributed by atoms with Crippen molar-refractivity contribution >= 4 is 28.8 Å². The molecule has 1 aliphatic rings. The molecule has 0 saturated heterocycles. The second-order valence-corrected chi connectivity index (χ2v) is 4.97. The summed E-state index contributed by atoms with van der Waals surface area (Å²) in [7, 11) is 1.80. The van der Waals surface area contributed by atoms with E-state index in [0.717, 1.165) is 28.5 Å². The van der Waals surface area contributed by atoms with Gasteiger partial charge in [0, 0.05) is 18.4 Å². The number of pyridine rings is 1. The topological polar surface area (TPSA) is 71.2 Å². The lowest BCUT2D eigenvalue weighted by atomic mass is 10.1. The van der Waals surface area contributed by atoms with Crippen molar-refractivity contribution in [3.05, 3.63) is 41.6 Å². The number of nitrogens with one attached hydrogen (secondary N) is 1. The highest BCUT2D eigenvalue weighted by Gasteiger charge is 2.23. The Morgan fingerprint density at radius 2 is 2.10 bits per heavy atom. The number of aromatic nitrogens is 1. The van der Waals surface area contributed by atoms with Crippen LogP contribution in [0.3, 0.4) is 0 Å². The zero-order valence-corrected chi connectivity index (χ0v) is 11.5. The number of carbonyl (C=O) groups is 1. The van der Waals surface area contributed by atoms with Gasteiger partial charge in [-0.05, 0) is 42.8 Å². The molecule has 3 rings (SSSR count). The monoisotopic (exact) mass is 268 g/mol. The number of aryl methyl sites for hydroxylation is 1. The summed E-state index contributed by atoms with van der Waals surface area (Å²) in [5.74, 6) is 0.868. The number of amides is 1. The van der Waals surface area contributed by atoms with Crippen LogP contribution in [0.25, 0.3) is 0 Å². The molecular formula is C15H16N4O. The number of fused-ring (bicyclic) bond motifs is 1. The third-order valence-electron chi connectivity index (χ3n) is 3.56. The zero-order chi connectivity index (χ0) is 14.3. The van der Waals surface area contributed by atoms with Gasteiger partial charge in [0.15, 0.2) is 0 Å². The van der Waals surface area contributed by atoms with Gasteiger partial charge in [-0.15, -0.1) is 0 Å². The van der Waals surface area contributed by atoms with E-state index in [0.29, 0.717) is 12.1 Å². The van der Waals surface area contributed by atoms with Crippen molar-refractivity contribution in [2.45, 2.75) is 13.3 Å². The maximum Gasteiger partial charge on any atom is 0.231 e. The predicted molar refractivity (Wildman–Crippen MR) is 80.2 cm³/mol. The van der Waals surface area contributed by atoms with Gasteiger partial charge < -0.3 is 16.0 Å². The molecular weight excluding hydrogens is 252 g/mol. The van der Waals surface area contributed by atoms with Crippen LogP contribution in [0.5, 0.6) is 0 Å². The largest absolute Gasteiger partial charge is 0.397 e. The number of hydrogen-bond donors (Lipinski definition) is 2. The van der Waals surface area contributed by atoms with Crippen LogP contribution < -0.4 is 16.0 Å². The standard InChI is InChI=1S/C15H16N4O/c1-9-12(16)4-6-14(17-9)18-11-3-5-13-10(7-11)8-15(20)19(13)2/h3-7H,8,16H2,1-2H3,(H,17,18). The minimum Gasteiger partial charge on any atom is -0.397 e. The molecule has 0 atom stereocenters. The molecule has 102 valence electrons. The van der Waals surface area contributed by atoms with Gasteiger partial charge in [-0.3, -0.25) is 4.79 Å². The van der Waals surface area contributed by atoms with E-state index in [4.69, 9.17) is 5.73 Å². The number of anilines is 4. The van der Waals surface area contributed by atoms with E-state index in [-0.39, 0.29) is 5.91 Å². The summed E-state index contributed by atoms with van der Waals surface area (Å²) in [6.45, 7) is 1.87. The van der Waals surface area contributed by atoms with Crippen LogP contribution in [0, 0.1) is 6.92 Å². The molecule has 2 aromatic rings. The number of hydrogen-bond acceptors (Lipinski definition) is 4. The lowest BCUT2D eigenvalue weighted by molar-refractivity contribution is -0.117. The fourth-order valence-electron chi connectivity index (χ4n) is 2.34. The van der Waals surface area contributed by atoms with Crippen LogP contribution in [0.4, 0.5) is 22.9 Å². The molecule has 1 aliphatic heterocycles. The van der Waals surface area contributed by atoms with Gasteiger partial charge in [0.1, 0.15) is 5.82 Å². The Morgan fingerprint density at radius 1 is 1.30 bits per heavy atom. The van der Waals surface area contributed by atoms with Crippen LogP contribution in [0.15, 0.2) is 30.3 Å². The Morgan fingerprint density at radius 3 is 2.85 bits per heavy atom. The van der Waals surface area contributed by atoms with E-state index in [1.165, 1.54) is 0 Å². The highest BCUT2D eigenvalue weighted by Crippen LogP contribution is 2.30. The first-order valence-electron chi connectivity index (χ1n) is 6.44. The smallest absolute Gasteiger partial charge is 0.231 e. The summed E-state index contributed by atoms with van der Waals surface area (Å²) in [5, 5.41) is 3.23. The van der Waals surface area contributed by atoms with Crippen molar-refractivity contribution in [3.63, 3.8) is 0 Å². The van der Waals surface area contributed by atoms with Gasteiger partial charge in [-0.1, -0.05) is 0 Å². The van der Waals surface area contributed by atoms with Crippen LogP contribution in [-0.2, 0) is 11.2 Å². The SMILES string of the molecule is Cc1nc(Nc2ccc3c(c2)CC(=O)N3C)ccc1N. The van der Waals surface area contributed by atoms with Gasteiger partial charge in [0.2, 0.25) is 5.91 Å². The Kier molecular flexibility index (Phi) is 2.82. The molecule has 1 aromatic carbocycles. The molecule has 20 heavy (non-hydrogen) atoms. The van der Waals surface area contributed by atoms with Crippen molar-refractivity contribution in [1.82, 2.24) is 4.98 Å².